The van der Waals surface area contributed by atoms with Crippen molar-refractivity contribution in [2.45, 2.75) is 6.42 Å². The van der Waals surface area contributed by atoms with E-state index in [2.05, 4.69) is 62.2 Å². The molecule has 24 heavy (non-hydrogen) atoms. The number of hydrogen-bond donors (Lipinski definition) is 1. The van der Waals surface area contributed by atoms with Gasteiger partial charge in [-0.05, 0) is 93.6 Å². The maximum Gasteiger partial charge on any atom is 0.154 e. The number of hydrogen-bond acceptors (Lipinski definition) is 4. The summed E-state index contributed by atoms with van der Waals surface area (Å²) < 4.78 is 13.6. The zero-order chi connectivity index (χ0) is 16.9. The maximum atomic E-state index is 9.36. The predicted octanol–water partition coefficient (Wildman–Crippen LogP) is 4.27. The van der Waals surface area contributed by atoms with Crippen molar-refractivity contribution in [1.29, 1.82) is 0 Å². The highest BCUT2D eigenvalue weighted by atomic mass is 127. The lowest BCUT2D eigenvalue weighted by Crippen LogP contribution is -2.37. The van der Waals surface area contributed by atoms with Crippen LogP contribution in [0.3, 0.4) is 0 Å². The summed E-state index contributed by atoms with van der Waals surface area (Å²) in [5.41, 5.74) is 1.33. The number of ether oxygens (including phenoxy) is 2. The Morgan fingerprint density at radius 2 is 1.67 bits per heavy atom. The van der Waals surface area contributed by atoms with Crippen LogP contribution in [0, 0.1) is 7.14 Å². The van der Waals surface area contributed by atoms with Gasteiger partial charge in [0, 0.05) is 19.6 Å². The van der Waals surface area contributed by atoms with Gasteiger partial charge in [-0.1, -0.05) is 0 Å². The van der Waals surface area contributed by atoms with Crippen LogP contribution in [0.2, 0.25) is 0 Å². The average molecular weight is 551 g/mol. The van der Waals surface area contributed by atoms with Gasteiger partial charge in [-0.15, -0.1) is 0 Å². The fourth-order valence-corrected chi connectivity index (χ4v) is 4.72. The molecule has 3 rings (SSSR count). The Hall–Kier alpha value is -0.580. The molecule has 2 aromatic rings. The van der Waals surface area contributed by atoms with E-state index in [1.165, 1.54) is 5.56 Å². The standard InChI is InChI=1S/C18H19I2NO3/c19-16-11-13(5-6-21-7-9-23-10-8-21)12-17(20)18(16)24-15-3-1-14(22)2-4-15/h1-4,11-12,22H,5-10H2. The van der Waals surface area contributed by atoms with E-state index < -0.39 is 0 Å². The molecular weight excluding hydrogens is 532 g/mol. The van der Waals surface area contributed by atoms with Crippen LogP contribution in [0.4, 0.5) is 0 Å². The molecule has 0 radical (unpaired) electrons. The number of aromatic hydroxyl groups is 1. The molecule has 2 aromatic carbocycles. The van der Waals surface area contributed by atoms with E-state index in [1.807, 2.05) is 0 Å². The van der Waals surface area contributed by atoms with Gasteiger partial charge in [0.2, 0.25) is 0 Å². The number of phenols is 1. The van der Waals surface area contributed by atoms with Crippen LogP contribution in [0.1, 0.15) is 5.56 Å². The van der Waals surface area contributed by atoms with Crippen molar-refractivity contribution in [2.75, 3.05) is 32.8 Å². The molecule has 1 N–H and O–H groups in total. The smallest absolute Gasteiger partial charge is 0.154 e. The van der Waals surface area contributed by atoms with E-state index in [1.54, 1.807) is 24.3 Å². The van der Waals surface area contributed by atoms with Crippen LogP contribution >= 0.6 is 45.2 Å². The lowest BCUT2D eigenvalue weighted by atomic mass is 10.1. The monoisotopic (exact) mass is 551 g/mol. The largest absolute Gasteiger partial charge is 0.508 e. The Morgan fingerprint density at radius 3 is 2.29 bits per heavy atom. The predicted molar refractivity (Wildman–Crippen MR) is 111 cm³/mol. The van der Waals surface area contributed by atoms with Crippen LogP contribution in [-0.4, -0.2) is 42.9 Å². The Bertz CT molecular complexity index is 662. The second-order valence-corrected chi connectivity index (χ2v) is 8.01. The first-order valence-corrected chi connectivity index (χ1v) is 10.0. The molecule has 1 aliphatic heterocycles. The van der Waals surface area contributed by atoms with Crippen molar-refractivity contribution in [2.24, 2.45) is 0 Å². The lowest BCUT2D eigenvalue weighted by Gasteiger charge is -2.26. The zero-order valence-corrected chi connectivity index (χ0v) is 17.5. The van der Waals surface area contributed by atoms with E-state index in [9.17, 15) is 5.11 Å². The Balaban J connectivity index is 1.67. The Kier molecular flexibility index (Phi) is 6.59. The summed E-state index contributed by atoms with van der Waals surface area (Å²) in [5, 5.41) is 9.36. The van der Waals surface area contributed by atoms with Crippen molar-refractivity contribution in [3.8, 4) is 17.2 Å². The first-order chi connectivity index (χ1) is 11.6. The Labute approximate surface area is 169 Å². The molecule has 1 heterocycles. The number of halogens is 2. The average Bonchev–Trinajstić information content (AvgIpc) is 2.59. The van der Waals surface area contributed by atoms with Crippen molar-refractivity contribution in [3.63, 3.8) is 0 Å². The van der Waals surface area contributed by atoms with Crippen LogP contribution in [0.5, 0.6) is 17.2 Å². The van der Waals surface area contributed by atoms with Gasteiger partial charge in [0.25, 0.3) is 0 Å². The number of morpholine rings is 1. The van der Waals surface area contributed by atoms with Gasteiger partial charge in [0.15, 0.2) is 5.75 Å². The van der Waals surface area contributed by atoms with Gasteiger partial charge in [0.1, 0.15) is 11.5 Å². The van der Waals surface area contributed by atoms with Crippen LogP contribution in [-0.2, 0) is 11.2 Å². The summed E-state index contributed by atoms with van der Waals surface area (Å²) in [4.78, 5) is 2.45. The van der Waals surface area contributed by atoms with E-state index in [0.29, 0.717) is 0 Å². The number of rotatable bonds is 5. The minimum absolute atomic E-state index is 0.241. The third-order valence-corrected chi connectivity index (χ3v) is 5.54. The third kappa shape index (κ3) is 4.96. The molecule has 0 spiro atoms. The maximum absolute atomic E-state index is 9.36. The summed E-state index contributed by atoms with van der Waals surface area (Å²) in [6, 6.07) is 11.2. The molecule has 1 aliphatic rings. The quantitative estimate of drug-likeness (QED) is 0.565. The second-order valence-electron chi connectivity index (χ2n) is 5.69. The highest BCUT2D eigenvalue weighted by Gasteiger charge is 2.13. The molecule has 4 nitrogen and oxygen atoms in total. The van der Waals surface area contributed by atoms with Gasteiger partial charge in [0.05, 0.1) is 20.4 Å². The van der Waals surface area contributed by atoms with Gasteiger partial charge in [-0.3, -0.25) is 4.90 Å². The normalized spacial score (nSPS) is 15.4. The highest BCUT2D eigenvalue weighted by Crippen LogP contribution is 2.33. The molecule has 0 aromatic heterocycles. The highest BCUT2D eigenvalue weighted by molar-refractivity contribution is 14.1. The van der Waals surface area contributed by atoms with Gasteiger partial charge < -0.3 is 14.6 Å². The van der Waals surface area contributed by atoms with Crippen molar-refractivity contribution >= 4 is 45.2 Å². The van der Waals surface area contributed by atoms with Gasteiger partial charge in [-0.2, -0.15) is 0 Å². The van der Waals surface area contributed by atoms with Crippen LogP contribution in [0.15, 0.2) is 36.4 Å². The molecule has 1 fully saturated rings. The lowest BCUT2D eigenvalue weighted by molar-refractivity contribution is 0.0384. The number of phenolic OH excluding ortho intramolecular Hbond substituents is 1. The summed E-state index contributed by atoms with van der Waals surface area (Å²) in [5.74, 6) is 1.84. The number of benzene rings is 2. The van der Waals surface area contributed by atoms with E-state index >= 15 is 0 Å². The topological polar surface area (TPSA) is 41.9 Å². The van der Waals surface area contributed by atoms with E-state index in [-0.39, 0.29) is 5.75 Å². The first-order valence-electron chi connectivity index (χ1n) is 7.87. The van der Waals surface area contributed by atoms with Crippen molar-refractivity contribution in [3.05, 3.63) is 49.1 Å². The van der Waals surface area contributed by atoms with E-state index in [0.717, 1.165) is 57.9 Å². The molecule has 1 saturated heterocycles. The minimum atomic E-state index is 0.241. The summed E-state index contributed by atoms with van der Waals surface area (Å²) >= 11 is 4.65. The Morgan fingerprint density at radius 1 is 1.04 bits per heavy atom. The molecule has 0 amide bonds. The summed E-state index contributed by atoms with van der Waals surface area (Å²) in [6.45, 7) is 4.79. The third-order valence-electron chi connectivity index (χ3n) is 3.94. The molecule has 0 atom stereocenters. The molecule has 0 aliphatic carbocycles. The molecule has 128 valence electrons. The van der Waals surface area contributed by atoms with Gasteiger partial charge >= 0.3 is 0 Å². The molecule has 0 saturated carbocycles. The van der Waals surface area contributed by atoms with Gasteiger partial charge in [-0.25, -0.2) is 0 Å². The summed E-state index contributed by atoms with van der Waals surface area (Å²) in [6.07, 6.45) is 1.03. The fourth-order valence-electron chi connectivity index (χ4n) is 2.60. The molecule has 0 unspecified atom stereocenters. The SMILES string of the molecule is Oc1ccc(Oc2c(I)cc(CCN3CCOCC3)cc2I)cc1. The van der Waals surface area contributed by atoms with E-state index in [4.69, 9.17) is 9.47 Å². The molecule has 6 heteroatoms. The fraction of sp³-hybridized carbons (Fsp3) is 0.333. The van der Waals surface area contributed by atoms with Crippen LogP contribution < -0.4 is 4.74 Å². The molecule has 0 bridgehead atoms. The van der Waals surface area contributed by atoms with Crippen molar-refractivity contribution in [1.82, 2.24) is 4.90 Å². The molecular formula is C18H19I2NO3. The zero-order valence-electron chi connectivity index (χ0n) is 13.2. The second kappa shape index (κ2) is 8.68. The first kappa shape index (κ1) is 18.2. The minimum Gasteiger partial charge on any atom is -0.508 e. The van der Waals surface area contributed by atoms with Crippen LogP contribution in [0.25, 0.3) is 0 Å². The number of nitrogens with zero attached hydrogens (tertiary/aromatic N) is 1. The summed E-state index contributed by atoms with van der Waals surface area (Å²) in [7, 11) is 0. The van der Waals surface area contributed by atoms with Crippen molar-refractivity contribution < 1.29 is 14.6 Å².